The first-order valence-electron chi connectivity index (χ1n) is 8.00. The highest BCUT2D eigenvalue weighted by Gasteiger charge is 2.19. The third kappa shape index (κ3) is 4.46. The molecule has 0 aromatic heterocycles. The Hall–Kier alpha value is -1.55. The summed E-state index contributed by atoms with van der Waals surface area (Å²) < 4.78 is 5.62. The molecule has 0 bridgehead atoms. The minimum Gasteiger partial charge on any atom is -0.484 e. The first-order chi connectivity index (χ1) is 10.2. The van der Waals surface area contributed by atoms with Gasteiger partial charge in [0.05, 0.1) is 0 Å². The van der Waals surface area contributed by atoms with Crippen LogP contribution in [0.5, 0.6) is 5.75 Å². The molecule has 4 heteroatoms. The molecule has 1 atom stereocenters. The van der Waals surface area contributed by atoms with Gasteiger partial charge in [-0.15, -0.1) is 0 Å². The lowest BCUT2D eigenvalue weighted by atomic mass is 9.87. The van der Waals surface area contributed by atoms with Crippen LogP contribution in [-0.4, -0.2) is 25.6 Å². The van der Waals surface area contributed by atoms with Crippen LogP contribution in [0, 0.1) is 0 Å². The minimum absolute atomic E-state index is 0.0576. The first kappa shape index (κ1) is 15.8. The zero-order valence-corrected chi connectivity index (χ0v) is 13.1. The zero-order valence-electron chi connectivity index (χ0n) is 13.1. The van der Waals surface area contributed by atoms with Gasteiger partial charge in [0.2, 0.25) is 0 Å². The minimum atomic E-state index is -0.0576. The highest BCUT2D eigenvalue weighted by atomic mass is 16.5. The van der Waals surface area contributed by atoms with E-state index >= 15 is 0 Å². The van der Waals surface area contributed by atoms with Crippen LogP contribution in [0.25, 0.3) is 0 Å². The second-order valence-corrected chi connectivity index (χ2v) is 5.50. The van der Waals surface area contributed by atoms with Crippen molar-refractivity contribution < 1.29 is 9.53 Å². The van der Waals surface area contributed by atoms with E-state index < -0.39 is 0 Å². The van der Waals surface area contributed by atoms with Crippen LogP contribution in [0.15, 0.2) is 18.2 Å². The second-order valence-electron chi connectivity index (χ2n) is 5.50. The molecule has 0 saturated carbocycles. The van der Waals surface area contributed by atoms with E-state index in [1.54, 1.807) is 0 Å². The van der Waals surface area contributed by atoms with Crippen molar-refractivity contribution in [1.82, 2.24) is 10.6 Å². The van der Waals surface area contributed by atoms with Crippen molar-refractivity contribution in [2.45, 2.75) is 45.6 Å². The quantitative estimate of drug-likeness (QED) is 0.811. The average Bonchev–Trinajstić information content (AvgIpc) is 2.51. The molecule has 1 aromatic rings. The maximum Gasteiger partial charge on any atom is 0.257 e. The Morgan fingerprint density at radius 2 is 2.24 bits per heavy atom. The maximum absolute atomic E-state index is 11.6. The smallest absolute Gasteiger partial charge is 0.257 e. The van der Waals surface area contributed by atoms with Gasteiger partial charge in [0.15, 0.2) is 6.61 Å². The molecule has 116 valence electrons. The largest absolute Gasteiger partial charge is 0.484 e. The van der Waals surface area contributed by atoms with Crippen LogP contribution < -0.4 is 15.4 Å². The van der Waals surface area contributed by atoms with Crippen molar-refractivity contribution in [3.63, 3.8) is 0 Å². The van der Waals surface area contributed by atoms with Gasteiger partial charge in [0.25, 0.3) is 5.91 Å². The fraction of sp³-hybridized carbons (Fsp3) is 0.588. The highest BCUT2D eigenvalue weighted by molar-refractivity contribution is 5.77. The molecule has 4 nitrogen and oxygen atoms in total. The lowest BCUT2D eigenvalue weighted by Gasteiger charge is -2.26. The summed E-state index contributed by atoms with van der Waals surface area (Å²) in [4.78, 5) is 11.6. The molecule has 0 heterocycles. The van der Waals surface area contributed by atoms with E-state index in [4.69, 9.17) is 4.74 Å². The van der Waals surface area contributed by atoms with Gasteiger partial charge in [-0.05, 0) is 55.5 Å². The van der Waals surface area contributed by atoms with E-state index in [1.165, 1.54) is 24.0 Å². The van der Waals surface area contributed by atoms with Crippen molar-refractivity contribution in [3.8, 4) is 5.75 Å². The van der Waals surface area contributed by atoms with E-state index in [2.05, 4.69) is 29.7 Å². The molecule has 2 N–H and O–H groups in total. The maximum atomic E-state index is 11.6. The van der Waals surface area contributed by atoms with Crippen LogP contribution in [0.3, 0.4) is 0 Å². The number of aryl methyl sites for hydroxylation is 1. The van der Waals surface area contributed by atoms with E-state index in [1.807, 2.05) is 13.0 Å². The predicted molar refractivity (Wildman–Crippen MR) is 84.6 cm³/mol. The first-order valence-corrected chi connectivity index (χ1v) is 8.00. The molecule has 1 aromatic carbocycles. The number of ether oxygens (including phenoxy) is 1. The summed E-state index contributed by atoms with van der Waals surface area (Å²) in [6.07, 6.45) is 4.47. The number of nitrogens with one attached hydrogen (secondary N) is 2. The zero-order chi connectivity index (χ0) is 15.1. The number of carbonyl (C=O) groups is 1. The molecule has 0 radical (unpaired) electrons. The summed E-state index contributed by atoms with van der Waals surface area (Å²) in [5.74, 6) is 0.725. The lowest BCUT2D eigenvalue weighted by molar-refractivity contribution is -0.123. The fourth-order valence-corrected chi connectivity index (χ4v) is 2.79. The number of carbonyl (C=O) groups excluding carboxylic acids is 1. The van der Waals surface area contributed by atoms with Gasteiger partial charge in [0.1, 0.15) is 5.75 Å². The summed E-state index contributed by atoms with van der Waals surface area (Å²) in [7, 11) is 0. The topological polar surface area (TPSA) is 50.4 Å². The number of hydrogen-bond donors (Lipinski definition) is 2. The molecule has 0 saturated heterocycles. The van der Waals surface area contributed by atoms with E-state index in [0.29, 0.717) is 12.6 Å². The summed E-state index contributed by atoms with van der Waals surface area (Å²) in [6.45, 7) is 5.92. The van der Waals surface area contributed by atoms with Gasteiger partial charge in [-0.3, -0.25) is 4.79 Å². The molecule has 1 aliphatic carbocycles. The van der Waals surface area contributed by atoms with Crippen molar-refractivity contribution in [2.24, 2.45) is 0 Å². The highest BCUT2D eigenvalue weighted by Crippen LogP contribution is 2.32. The number of hydrogen-bond acceptors (Lipinski definition) is 3. The van der Waals surface area contributed by atoms with Crippen molar-refractivity contribution in [2.75, 3.05) is 19.7 Å². The predicted octanol–water partition coefficient (Wildman–Crippen LogP) is 2.58. The molecular weight excluding hydrogens is 264 g/mol. The Kier molecular flexibility index (Phi) is 6.05. The third-order valence-corrected chi connectivity index (χ3v) is 3.82. The standard InChI is InChI=1S/C17H26N2O2/c1-3-10-19-17(20)12-21-14-9-8-13-6-5-7-16(18-4-2)15(13)11-14/h8-9,11,16,18H,3-7,10,12H2,1-2H3,(H,19,20). The monoisotopic (exact) mass is 290 g/mol. The molecule has 1 amide bonds. The Balaban J connectivity index is 1.99. The number of fused-ring (bicyclic) bond motifs is 1. The molecule has 2 rings (SSSR count). The Labute approximate surface area is 127 Å². The fourth-order valence-electron chi connectivity index (χ4n) is 2.79. The van der Waals surface area contributed by atoms with Crippen LogP contribution in [0.1, 0.15) is 50.3 Å². The molecule has 0 aliphatic heterocycles. The molecule has 0 spiro atoms. The van der Waals surface area contributed by atoms with Crippen LogP contribution in [0.2, 0.25) is 0 Å². The summed E-state index contributed by atoms with van der Waals surface area (Å²) in [6, 6.07) is 6.61. The summed E-state index contributed by atoms with van der Waals surface area (Å²) in [5, 5.41) is 6.34. The number of rotatable bonds is 7. The van der Waals surface area contributed by atoms with Crippen molar-refractivity contribution >= 4 is 5.91 Å². The van der Waals surface area contributed by atoms with Gasteiger partial charge < -0.3 is 15.4 Å². The SMILES string of the molecule is CCCNC(=O)COc1ccc2c(c1)C(NCC)CCC2. The van der Waals surface area contributed by atoms with Crippen molar-refractivity contribution in [3.05, 3.63) is 29.3 Å². The van der Waals surface area contributed by atoms with Gasteiger partial charge in [0, 0.05) is 12.6 Å². The summed E-state index contributed by atoms with van der Waals surface area (Å²) >= 11 is 0. The normalized spacial score (nSPS) is 17.1. The number of benzene rings is 1. The Morgan fingerprint density at radius 3 is 3.00 bits per heavy atom. The van der Waals surface area contributed by atoms with Crippen LogP contribution in [0.4, 0.5) is 0 Å². The second kappa shape index (κ2) is 8.03. The van der Waals surface area contributed by atoms with E-state index in [-0.39, 0.29) is 12.5 Å². The molecule has 1 unspecified atom stereocenters. The molecule has 21 heavy (non-hydrogen) atoms. The molecular formula is C17H26N2O2. The Bertz CT molecular complexity index is 474. The molecule has 1 aliphatic rings. The van der Waals surface area contributed by atoms with Crippen LogP contribution >= 0.6 is 0 Å². The van der Waals surface area contributed by atoms with E-state index in [0.717, 1.165) is 25.1 Å². The van der Waals surface area contributed by atoms with Crippen LogP contribution in [-0.2, 0) is 11.2 Å². The van der Waals surface area contributed by atoms with Gasteiger partial charge in [-0.2, -0.15) is 0 Å². The summed E-state index contributed by atoms with van der Waals surface area (Å²) in [5.41, 5.74) is 2.73. The third-order valence-electron chi connectivity index (χ3n) is 3.82. The van der Waals surface area contributed by atoms with Gasteiger partial charge >= 0.3 is 0 Å². The Morgan fingerprint density at radius 1 is 1.38 bits per heavy atom. The van der Waals surface area contributed by atoms with Gasteiger partial charge in [-0.1, -0.05) is 19.9 Å². The lowest BCUT2D eigenvalue weighted by Crippen LogP contribution is -2.29. The van der Waals surface area contributed by atoms with Crippen molar-refractivity contribution in [1.29, 1.82) is 0 Å². The van der Waals surface area contributed by atoms with Gasteiger partial charge in [-0.25, -0.2) is 0 Å². The number of amides is 1. The molecule has 0 fully saturated rings. The van der Waals surface area contributed by atoms with E-state index in [9.17, 15) is 4.79 Å². The average molecular weight is 290 g/mol.